The van der Waals surface area contributed by atoms with Crippen molar-refractivity contribution >= 4 is 47.1 Å². The van der Waals surface area contributed by atoms with Gasteiger partial charge in [0.1, 0.15) is 0 Å². The first-order chi connectivity index (χ1) is 16.3. The first kappa shape index (κ1) is 20.8. The van der Waals surface area contributed by atoms with Crippen molar-refractivity contribution in [3.8, 4) is 0 Å². The highest BCUT2D eigenvalue weighted by atomic mass is 16.6. The molecule has 2 amide bonds. The maximum atomic E-state index is 12.6. The van der Waals surface area contributed by atoms with Crippen LogP contribution in [0, 0.1) is 0 Å². The predicted molar refractivity (Wildman–Crippen MR) is 115 cm³/mol. The number of nitrogens with one attached hydrogen (secondary N) is 2. The molecule has 0 unspecified atom stereocenters. The number of hydrogen-bond acceptors (Lipinski definition) is 8. The van der Waals surface area contributed by atoms with Crippen molar-refractivity contribution in [3.63, 3.8) is 0 Å². The second-order valence-corrected chi connectivity index (χ2v) is 7.36. The van der Waals surface area contributed by atoms with Crippen molar-refractivity contribution in [1.29, 1.82) is 0 Å². The van der Waals surface area contributed by atoms with Gasteiger partial charge in [-0.3, -0.25) is 9.59 Å². The lowest BCUT2D eigenvalue weighted by atomic mass is 10.0. The number of amides is 2. The molecule has 0 atom stereocenters. The molecule has 10 heteroatoms. The number of carbonyl (C=O) groups is 6. The minimum atomic E-state index is -0.816. The molecule has 0 spiro atoms. The summed E-state index contributed by atoms with van der Waals surface area (Å²) in [6.07, 6.45) is 0. The number of carbonyl (C=O) groups excluding carboxylic acids is 6. The Hall–Kier alpha value is -5.12. The zero-order chi connectivity index (χ0) is 24.0. The first-order valence-corrected chi connectivity index (χ1v) is 9.84. The quantitative estimate of drug-likeness (QED) is 0.450. The van der Waals surface area contributed by atoms with Crippen LogP contribution in [0.2, 0.25) is 0 Å². The summed E-state index contributed by atoms with van der Waals surface area (Å²) < 4.78 is 9.03. The number of benzene rings is 3. The lowest BCUT2D eigenvalue weighted by Crippen LogP contribution is -2.15. The van der Waals surface area contributed by atoms with Crippen LogP contribution in [0.15, 0.2) is 60.7 Å². The van der Waals surface area contributed by atoms with Crippen molar-refractivity contribution in [2.45, 2.75) is 0 Å². The van der Waals surface area contributed by atoms with Crippen LogP contribution in [0.1, 0.15) is 62.1 Å². The van der Waals surface area contributed by atoms with Crippen LogP contribution in [-0.4, -0.2) is 35.7 Å². The van der Waals surface area contributed by atoms with Gasteiger partial charge in [-0.2, -0.15) is 0 Å². The van der Waals surface area contributed by atoms with Gasteiger partial charge >= 0.3 is 23.9 Å². The average Bonchev–Trinajstić information content (AvgIpc) is 3.27. The second-order valence-electron chi connectivity index (χ2n) is 7.36. The van der Waals surface area contributed by atoms with E-state index in [9.17, 15) is 28.8 Å². The van der Waals surface area contributed by atoms with E-state index in [1.165, 1.54) is 42.5 Å². The fraction of sp³-hybridized carbons (Fsp3) is 0. The van der Waals surface area contributed by atoms with Gasteiger partial charge in [0, 0.05) is 22.5 Å². The number of esters is 4. The molecule has 2 N–H and O–H groups in total. The van der Waals surface area contributed by atoms with Gasteiger partial charge in [0.2, 0.25) is 0 Å². The Labute approximate surface area is 190 Å². The van der Waals surface area contributed by atoms with Crippen LogP contribution < -0.4 is 10.6 Å². The highest BCUT2D eigenvalue weighted by Crippen LogP contribution is 2.24. The maximum absolute atomic E-state index is 12.6. The monoisotopic (exact) mass is 456 g/mol. The van der Waals surface area contributed by atoms with E-state index in [0.717, 1.165) is 0 Å². The molecule has 0 saturated heterocycles. The molecule has 0 bridgehead atoms. The molecular formula is C24H12N2O8. The third-order valence-corrected chi connectivity index (χ3v) is 5.19. The van der Waals surface area contributed by atoms with Crippen molar-refractivity contribution < 1.29 is 38.2 Å². The van der Waals surface area contributed by atoms with Gasteiger partial charge in [-0.25, -0.2) is 19.2 Å². The maximum Gasteiger partial charge on any atom is 0.346 e. The molecule has 166 valence electrons. The van der Waals surface area contributed by atoms with Crippen LogP contribution in [0.4, 0.5) is 11.4 Å². The fourth-order valence-electron chi connectivity index (χ4n) is 3.53. The second kappa shape index (κ2) is 7.78. The summed E-state index contributed by atoms with van der Waals surface area (Å²) in [7, 11) is 0. The number of fused-ring (bicyclic) bond motifs is 2. The Morgan fingerprint density at radius 2 is 0.941 bits per heavy atom. The molecule has 2 heterocycles. The lowest BCUT2D eigenvalue weighted by Gasteiger charge is -2.10. The van der Waals surface area contributed by atoms with E-state index in [0.29, 0.717) is 11.4 Å². The summed E-state index contributed by atoms with van der Waals surface area (Å²) in [5.41, 5.74) is 1.19. The minimum absolute atomic E-state index is 0.0126. The van der Waals surface area contributed by atoms with E-state index >= 15 is 0 Å². The van der Waals surface area contributed by atoms with Crippen molar-refractivity contribution in [3.05, 3.63) is 94.0 Å². The molecule has 0 aliphatic carbocycles. The Kier molecular flexibility index (Phi) is 4.75. The standard InChI is InChI=1S/C24H12N2O8/c27-19(11-4-6-15-17(8-11)23(31)33-21(15)29)25-13-2-1-3-14(10-13)26-20(28)12-5-7-16-18(9-12)24(32)34-22(16)30/h1-10H,(H,25,27)(H,26,28). The van der Waals surface area contributed by atoms with E-state index in [1.807, 2.05) is 0 Å². The molecule has 34 heavy (non-hydrogen) atoms. The highest BCUT2D eigenvalue weighted by molar-refractivity contribution is 6.17. The summed E-state index contributed by atoms with van der Waals surface area (Å²) >= 11 is 0. The third-order valence-electron chi connectivity index (χ3n) is 5.19. The van der Waals surface area contributed by atoms with Crippen LogP contribution in [-0.2, 0) is 9.47 Å². The lowest BCUT2D eigenvalue weighted by molar-refractivity contribution is 0.0425. The Morgan fingerprint density at radius 3 is 1.38 bits per heavy atom. The molecule has 2 aliphatic rings. The van der Waals surface area contributed by atoms with Crippen molar-refractivity contribution in [1.82, 2.24) is 0 Å². The number of anilines is 2. The zero-order valence-corrected chi connectivity index (χ0v) is 17.0. The van der Waals surface area contributed by atoms with Crippen LogP contribution in [0.5, 0.6) is 0 Å². The van der Waals surface area contributed by atoms with E-state index in [4.69, 9.17) is 0 Å². The summed E-state index contributed by atoms with van der Waals surface area (Å²) in [5.74, 6) is -4.24. The molecule has 2 aliphatic heterocycles. The summed E-state index contributed by atoms with van der Waals surface area (Å²) in [4.78, 5) is 71.7. The van der Waals surface area contributed by atoms with Crippen molar-refractivity contribution in [2.24, 2.45) is 0 Å². The predicted octanol–water partition coefficient (Wildman–Crippen LogP) is 2.81. The molecule has 0 radical (unpaired) electrons. The number of cyclic esters (lactones) is 4. The molecule has 0 fully saturated rings. The topological polar surface area (TPSA) is 145 Å². The molecular weight excluding hydrogens is 444 g/mol. The van der Waals surface area contributed by atoms with Gasteiger partial charge < -0.3 is 20.1 Å². The zero-order valence-electron chi connectivity index (χ0n) is 17.0. The SMILES string of the molecule is O=C(Nc1cccc(NC(=O)c2ccc3c(c2)C(=O)OC3=O)c1)c1ccc2c(c1)C(=O)OC2=O. The number of rotatable bonds is 4. The third kappa shape index (κ3) is 3.58. The Balaban J connectivity index is 1.31. The van der Waals surface area contributed by atoms with Crippen LogP contribution in [0.25, 0.3) is 0 Å². The first-order valence-electron chi connectivity index (χ1n) is 9.84. The summed E-state index contributed by atoms with van der Waals surface area (Å²) in [6.45, 7) is 0. The summed E-state index contributed by atoms with van der Waals surface area (Å²) in [5, 5.41) is 5.30. The van der Waals surface area contributed by atoms with Crippen LogP contribution >= 0.6 is 0 Å². The van der Waals surface area contributed by atoms with E-state index in [-0.39, 0.29) is 33.4 Å². The largest absolute Gasteiger partial charge is 0.386 e. The summed E-state index contributed by atoms with van der Waals surface area (Å²) in [6, 6.07) is 14.3. The Morgan fingerprint density at radius 1 is 0.529 bits per heavy atom. The fourth-order valence-corrected chi connectivity index (χ4v) is 3.53. The Bertz CT molecular complexity index is 1370. The molecule has 3 aromatic carbocycles. The molecule has 3 aromatic rings. The van der Waals surface area contributed by atoms with E-state index in [1.54, 1.807) is 18.2 Å². The van der Waals surface area contributed by atoms with Gasteiger partial charge in [0.25, 0.3) is 11.8 Å². The number of ether oxygens (including phenoxy) is 2. The highest BCUT2D eigenvalue weighted by Gasteiger charge is 2.31. The molecule has 5 rings (SSSR count). The van der Waals surface area contributed by atoms with E-state index < -0.39 is 35.7 Å². The average molecular weight is 456 g/mol. The van der Waals surface area contributed by atoms with Gasteiger partial charge in [0.15, 0.2) is 0 Å². The van der Waals surface area contributed by atoms with Crippen molar-refractivity contribution in [2.75, 3.05) is 10.6 Å². The van der Waals surface area contributed by atoms with Crippen LogP contribution in [0.3, 0.4) is 0 Å². The van der Waals surface area contributed by atoms with Gasteiger partial charge in [-0.05, 0) is 54.6 Å². The van der Waals surface area contributed by atoms with Gasteiger partial charge in [-0.1, -0.05) is 6.07 Å². The van der Waals surface area contributed by atoms with E-state index in [2.05, 4.69) is 20.1 Å². The molecule has 0 saturated carbocycles. The smallest absolute Gasteiger partial charge is 0.346 e. The number of hydrogen-bond donors (Lipinski definition) is 2. The molecule has 0 aromatic heterocycles. The normalized spacial score (nSPS) is 13.6. The van der Waals surface area contributed by atoms with Gasteiger partial charge in [0.05, 0.1) is 22.3 Å². The molecule has 10 nitrogen and oxygen atoms in total. The minimum Gasteiger partial charge on any atom is -0.386 e. The van der Waals surface area contributed by atoms with Gasteiger partial charge in [-0.15, -0.1) is 0 Å².